The summed E-state index contributed by atoms with van der Waals surface area (Å²) in [6.07, 6.45) is 1.07. The molecule has 0 spiro atoms. The Bertz CT molecular complexity index is 591. The van der Waals surface area contributed by atoms with Crippen molar-refractivity contribution >= 4 is 10.0 Å². The normalized spacial score (nSPS) is 27.6. The zero-order chi connectivity index (χ0) is 14.1. The SMILES string of the molecule is CC1OCCC1(O)CNS(=O)(=O)c1ccc(=O)[nH]c1. The van der Waals surface area contributed by atoms with Crippen LogP contribution in [-0.2, 0) is 14.8 Å². The summed E-state index contributed by atoms with van der Waals surface area (Å²) in [5.74, 6) is 0. The first-order chi connectivity index (χ1) is 8.83. The highest BCUT2D eigenvalue weighted by Crippen LogP contribution is 2.25. The summed E-state index contributed by atoms with van der Waals surface area (Å²) in [5.41, 5.74) is -1.58. The van der Waals surface area contributed by atoms with Crippen LogP contribution >= 0.6 is 0 Å². The maximum absolute atomic E-state index is 12.0. The van der Waals surface area contributed by atoms with Gasteiger partial charge in [0.2, 0.25) is 15.6 Å². The van der Waals surface area contributed by atoms with Gasteiger partial charge in [-0.1, -0.05) is 0 Å². The molecule has 1 aromatic rings. The van der Waals surface area contributed by atoms with Crippen molar-refractivity contribution < 1.29 is 18.3 Å². The average Bonchev–Trinajstić information content (AvgIpc) is 2.69. The fraction of sp³-hybridized carbons (Fsp3) is 0.545. The van der Waals surface area contributed by atoms with Crippen LogP contribution in [0.4, 0.5) is 0 Å². The van der Waals surface area contributed by atoms with Crippen LogP contribution in [0.2, 0.25) is 0 Å². The Morgan fingerprint density at radius 2 is 2.32 bits per heavy atom. The first-order valence-corrected chi connectivity index (χ1v) is 7.34. The third-order valence-corrected chi connectivity index (χ3v) is 4.69. The molecule has 0 saturated carbocycles. The number of hydrogen-bond donors (Lipinski definition) is 3. The zero-order valence-electron chi connectivity index (χ0n) is 10.4. The van der Waals surface area contributed by atoms with Crippen LogP contribution in [0.25, 0.3) is 0 Å². The van der Waals surface area contributed by atoms with Crippen LogP contribution in [0.5, 0.6) is 0 Å². The summed E-state index contributed by atoms with van der Waals surface area (Å²) in [7, 11) is -3.76. The lowest BCUT2D eigenvalue weighted by molar-refractivity contribution is -0.0228. The van der Waals surface area contributed by atoms with Crippen LogP contribution < -0.4 is 10.3 Å². The molecule has 106 valence electrons. The lowest BCUT2D eigenvalue weighted by Gasteiger charge is -2.25. The molecule has 2 rings (SSSR count). The molecule has 1 aliphatic rings. The monoisotopic (exact) mass is 288 g/mol. The third kappa shape index (κ3) is 3.03. The number of sulfonamides is 1. The molecule has 0 aliphatic carbocycles. The first-order valence-electron chi connectivity index (χ1n) is 5.86. The molecule has 2 heterocycles. The number of aliphatic hydroxyl groups is 1. The summed E-state index contributed by atoms with van der Waals surface area (Å²) in [4.78, 5) is 13.1. The second-order valence-corrected chi connectivity index (χ2v) is 6.35. The molecule has 1 fully saturated rings. The quantitative estimate of drug-likeness (QED) is 0.671. The molecule has 8 heteroatoms. The highest BCUT2D eigenvalue weighted by Gasteiger charge is 2.40. The summed E-state index contributed by atoms with van der Waals surface area (Å²) >= 11 is 0. The van der Waals surface area contributed by atoms with Gasteiger partial charge in [-0.15, -0.1) is 0 Å². The van der Waals surface area contributed by atoms with Crippen molar-refractivity contribution in [3.8, 4) is 0 Å². The van der Waals surface area contributed by atoms with Gasteiger partial charge in [0.25, 0.3) is 0 Å². The van der Waals surface area contributed by atoms with Crippen LogP contribution in [0, 0.1) is 0 Å². The van der Waals surface area contributed by atoms with E-state index in [-0.39, 0.29) is 17.0 Å². The van der Waals surface area contributed by atoms with Crippen molar-refractivity contribution in [3.05, 3.63) is 28.7 Å². The number of aromatic amines is 1. The van der Waals surface area contributed by atoms with Crippen molar-refractivity contribution in [1.82, 2.24) is 9.71 Å². The van der Waals surface area contributed by atoms with Crippen molar-refractivity contribution in [2.24, 2.45) is 0 Å². The second-order valence-electron chi connectivity index (χ2n) is 4.58. The van der Waals surface area contributed by atoms with Gasteiger partial charge in [-0.2, -0.15) is 0 Å². The molecule has 0 aromatic carbocycles. The first kappa shape index (κ1) is 14.2. The molecule has 1 aromatic heterocycles. The molecule has 2 unspecified atom stereocenters. The number of hydrogen-bond acceptors (Lipinski definition) is 5. The van der Waals surface area contributed by atoms with Crippen molar-refractivity contribution in [2.45, 2.75) is 29.9 Å². The van der Waals surface area contributed by atoms with Gasteiger partial charge in [0.1, 0.15) is 5.60 Å². The van der Waals surface area contributed by atoms with E-state index in [4.69, 9.17) is 4.74 Å². The van der Waals surface area contributed by atoms with Gasteiger partial charge in [0.15, 0.2) is 0 Å². The van der Waals surface area contributed by atoms with E-state index in [1.54, 1.807) is 6.92 Å². The maximum atomic E-state index is 12.0. The molecule has 1 saturated heterocycles. The molecule has 19 heavy (non-hydrogen) atoms. The van der Waals surface area contributed by atoms with Crippen LogP contribution in [-0.4, -0.2) is 43.4 Å². The summed E-state index contributed by atoms with van der Waals surface area (Å²) in [5, 5.41) is 10.2. The van der Waals surface area contributed by atoms with E-state index in [1.807, 2.05) is 0 Å². The summed E-state index contributed by atoms with van der Waals surface area (Å²) < 4.78 is 31.5. The van der Waals surface area contributed by atoms with E-state index >= 15 is 0 Å². The predicted octanol–water partition coefficient (Wildman–Crippen LogP) is -0.807. The average molecular weight is 288 g/mol. The minimum Gasteiger partial charge on any atom is -0.386 e. The van der Waals surface area contributed by atoms with E-state index in [0.29, 0.717) is 13.0 Å². The van der Waals surface area contributed by atoms with Gasteiger partial charge in [-0.05, 0) is 13.0 Å². The molecule has 7 nitrogen and oxygen atoms in total. The highest BCUT2D eigenvalue weighted by atomic mass is 32.2. The van der Waals surface area contributed by atoms with E-state index in [9.17, 15) is 18.3 Å². The van der Waals surface area contributed by atoms with E-state index in [1.165, 1.54) is 6.07 Å². The number of aromatic nitrogens is 1. The lowest BCUT2D eigenvalue weighted by Crippen LogP contribution is -2.47. The largest absolute Gasteiger partial charge is 0.386 e. The molecule has 1 aliphatic heterocycles. The number of H-pyrrole nitrogens is 1. The maximum Gasteiger partial charge on any atom is 0.247 e. The number of rotatable bonds is 4. The summed E-state index contributed by atoms with van der Waals surface area (Å²) in [6.45, 7) is 1.97. The van der Waals surface area contributed by atoms with Crippen molar-refractivity contribution in [1.29, 1.82) is 0 Å². The minimum absolute atomic E-state index is 0.0535. The molecular weight excluding hydrogens is 272 g/mol. The van der Waals surface area contributed by atoms with E-state index in [2.05, 4.69) is 9.71 Å². The second kappa shape index (κ2) is 5.04. The van der Waals surface area contributed by atoms with Gasteiger partial charge in [0.05, 0.1) is 11.0 Å². The molecule has 0 radical (unpaired) electrons. The molecular formula is C11H16N2O5S. The molecule has 3 N–H and O–H groups in total. The van der Waals surface area contributed by atoms with Crippen LogP contribution in [0.1, 0.15) is 13.3 Å². The number of nitrogens with one attached hydrogen (secondary N) is 2. The highest BCUT2D eigenvalue weighted by molar-refractivity contribution is 7.89. The Balaban J connectivity index is 2.10. The summed E-state index contributed by atoms with van der Waals surface area (Å²) in [6, 6.07) is 2.34. The Hall–Kier alpha value is -1.22. The predicted molar refractivity (Wildman–Crippen MR) is 67.2 cm³/mol. The third-order valence-electron chi connectivity index (χ3n) is 3.29. The fourth-order valence-corrected chi connectivity index (χ4v) is 2.94. The number of ether oxygens (including phenoxy) is 1. The van der Waals surface area contributed by atoms with Gasteiger partial charge >= 0.3 is 0 Å². The van der Waals surface area contributed by atoms with Gasteiger partial charge in [-0.25, -0.2) is 13.1 Å². The van der Waals surface area contributed by atoms with Crippen LogP contribution in [0.3, 0.4) is 0 Å². The fourth-order valence-electron chi connectivity index (χ4n) is 1.87. The minimum atomic E-state index is -3.76. The lowest BCUT2D eigenvalue weighted by atomic mass is 9.97. The topological polar surface area (TPSA) is 108 Å². The molecule has 2 atom stereocenters. The van der Waals surface area contributed by atoms with E-state index in [0.717, 1.165) is 12.3 Å². The van der Waals surface area contributed by atoms with Gasteiger partial charge in [-0.3, -0.25) is 4.79 Å². The molecule has 0 amide bonds. The Morgan fingerprint density at radius 3 is 2.84 bits per heavy atom. The van der Waals surface area contributed by atoms with Gasteiger partial charge in [0, 0.05) is 31.8 Å². The Morgan fingerprint density at radius 1 is 1.58 bits per heavy atom. The smallest absolute Gasteiger partial charge is 0.247 e. The Kier molecular flexibility index (Phi) is 3.77. The number of pyridine rings is 1. The van der Waals surface area contributed by atoms with Crippen LogP contribution in [0.15, 0.2) is 28.0 Å². The van der Waals surface area contributed by atoms with Crippen molar-refractivity contribution in [3.63, 3.8) is 0 Å². The zero-order valence-corrected chi connectivity index (χ0v) is 11.2. The van der Waals surface area contributed by atoms with Crippen molar-refractivity contribution in [2.75, 3.05) is 13.2 Å². The Labute approximate surface area is 110 Å². The molecule has 0 bridgehead atoms. The van der Waals surface area contributed by atoms with Gasteiger partial charge < -0.3 is 14.8 Å². The standard InChI is InChI=1S/C11H16N2O5S/c1-8-11(15,4-5-18-8)7-13-19(16,17)9-2-3-10(14)12-6-9/h2-3,6,8,13,15H,4-5,7H2,1H3,(H,12,14). The van der Waals surface area contributed by atoms with E-state index < -0.39 is 21.7 Å².